The topological polar surface area (TPSA) is 81.4 Å². The maximum absolute atomic E-state index is 12.8. The van der Waals surface area contributed by atoms with Crippen LogP contribution in [-0.4, -0.2) is 18.0 Å². The summed E-state index contributed by atoms with van der Waals surface area (Å²) in [6.07, 6.45) is -1.00. The summed E-state index contributed by atoms with van der Waals surface area (Å²) in [6, 6.07) is 10.1. The van der Waals surface area contributed by atoms with Gasteiger partial charge in [0.2, 0.25) is 0 Å². The van der Waals surface area contributed by atoms with Crippen molar-refractivity contribution in [1.29, 1.82) is 0 Å². The highest BCUT2D eigenvalue weighted by Gasteiger charge is 2.19. The Morgan fingerprint density at radius 2 is 1.83 bits per heavy atom. The molecule has 2 aromatic carbocycles. The molecule has 0 saturated heterocycles. The molecule has 0 aliphatic carbocycles. The zero-order chi connectivity index (χ0) is 17.0. The fourth-order valence-electron chi connectivity index (χ4n) is 1.83. The maximum atomic E-state index is 12.8. The zero-order valence-corrected chi connectivity index (χ0v) is 12.8. The molecule has 0 radical (unpaired) electrons. The lowest BCUT2D eigenvalue weighted by molar-refractivity contribution is -0.123. The summed E-state index contributed by atoms with van der Waals surface area (Å²) in [5, 5.41) is 2.54. The first-order valence-corrected chi connectivity index (χ1v) is 7.00. The molecule has 0 aliphatic rings. The number of rotatable bonds is 4. The Morgan fingerprint density at radius 3 is 2.43 bits per heavy atom. The minimum absolute atomic E-state index is 0.273. The highest BCUT2D eigenvalue weighted by atomic mass is 19.1. The lowest BCUT2D eigenvalue weighted by Gasteiger charge is -2.14. The van der Waals surface area contributed by atoms with Gasteiger partial charge in [-0.2, -0.15) is 0 Å². The van der Waals surface area contributed by atoms with Crippen molar-refractivity contribution in [3.05, 3.63) is 59.4 Å². The zero-order valence-electron chi connectivity index (χ0n) is 12.8. The number of esters is 1. The van der Waals surface area contributed by atoms with Crippen LogP contribution in [0.25, 0.3) is 0 Å². The highest BCUT2D eigenvalue weighted by molar-refractivity contribution is 5.97. The summed E-state index contributed by atoms with van der Waals surface area (Å²) >= 11 is 0. The van der Waals surface area contributed by atoms with Crippen molar-refractivity contribution in [2.75, 3.05) is 11.1 Å². The number of aryl methyl sites for hydroxylation is 1. The van der Waals surface area contributed by atoms with Gasteiger partial charge in [-0.1, -0.05) is 6.07 Å². The van der Waals surface area contributed by atoms with Gasteiger partial charge < -0.3 is 15.8 Å². The molecule has 0 unspecified atom stereocenters. The Labute approximate surface area is 133 Å². The number of nitrogens with two attached hydrogens (primary N) is 1. The second kappa shape index (κ2) is 6.91. The van der Waals surface area contributed by atoms with Gasteiger partial charge in [-0.25, -0.2) is 9.18 Å². The van der Waals surface area contributed by atoms with E-state index in [0.29, 0.717) is 11.4 Å². The van der Waals surface area contributed by atoms with Crippen LogP contribution in [0, 0.1) is 12.7 Å². The highest BCUT2D eigenvalue weighted by Crippen LogP contribution is 2.15. The molecule has 2 rings (SSSR count). The molecule has 6 heteroatoms. The first-order chi connectivity index (χ1) is 10.9. The van der Waals surface area contributed by atoms with Gasteiger partial charge in [-0.15, -0.1) is 0 Å². The molecule has 23 heavy (non-hydrogen) atoms. The number of nitrogen functional groups attached to an aromatic ring is 1. The van der Waals surface area contributed by atoms with Crippen molar-refractivity contribution in [3.63, 3.8) is 0 Å². The molecule has 0 aromatic heterocycles. The molecular formula is C17H17FN2O3. The third-order valence-electron chi connectivity index (χ3n) is 3.28. The van der Waals surface area contributed by atoms with Gasteiger partial charge in [0.1, 0.15) is 5.82 Å². The van der Waals surface area contributed by atoms with Gasteiger partial charge in [0, 0.05) is 11.4 Å². The summed E-state index contributed by atoms with van der Waals surface area (Å²) in [4.78, 5) is 24.0. The SMILES string of the molecule is Cc1ccc(C(=O)O[C@@H](C)C(=O)Nc2ccc(F)cc2)cc1N. The summed E-state index contributed by atoms with van der Waals surface area (Å²) in [5.41, 5.74) is 7.76. The Kier molecular flexibility index (Phi) is 4.95. The minimum Gasteiger partial charge on any atom is -0.449 e. The van der Waals surface area contributed by atoms with Crippen LogP contribution in [0.15, 0.2) is 42.5 Å². The van der Waals surface area contributed by atoms with Crippen molar-refractivity contribution in [2.45, 2.75) is 20.0 Å². The Balaban J connectivity index is 1.98. The van der Waals surface area contributed by atoms with Gasteiger partial charge in [0.25, 0.3) is 5.91 Å². The van der Waals surface area contributed by atoms with Crippen LogP contribution in [-0.2, 0) is 9.53 Å². The van der Waals surface area contributed by atoms with Crippen LogP contribution in [0.1, 0.15) is 22.8 Å². The number of benzene rings is 2. The lowest BCUT2D eigenvalue weighted by Crippen LogP contribution is -2.30. The number of halogens is 1. The normalized spacial score (nSPS) is 11.6. The smallest absolute Gasteiger partial charge is 0.338 e. The quantitative estimate of drug-likeness (QED) is 0.671. The molecule has 120 valence electrons. The monoisotopic (exact) mass is 316 g/mol. The van der Waals surface area contributed by atoms with E-state index >= 15 is 0 Å². The number of amides is 1. The first kappa shape index (κ1) is 16.5. The number of hydrogen-bond acceptors (Lipinski definition) is 4. The van der Waals surface area contributed by atoms with Gasteiger partial charge in [0.15, 0.2) is 6.10 Å². The first-order valence-electron chi connectivity index (χ1n) is 7.00. The average molecular weight is 316 g/mol. The van der Waals surface area contributed by atoms with Gasteiger partial charge in [0.05, 0.1) is 5.56 Å². The second-order valence-electron chi connectivity index (χ2n) is 5.12. The van der Waals surface area contributed by atoms with E-state index in [2.05, 4.69) is 5.32 Å². The van der Waals surface area contributed by atoms with Crippen LogP contribution < -0.4 is 11.1 Å². The Hall–Kier alpha value is -2.89. The number of carbonyl (C=O) groups excluding carboxylic acids is 2. The Bertz CT molecular complexity index is 729. The summed E-state index contributed by atoms with van der Waals surface area (Å²) in [5.74, 6) is -1.55. The maximum Gasteiger partial charge on any atom is 0.338 e. The van der Waals surface area contributed by atoms with Crippen LogP contribution in [0.5, 0.6) is 0 Å². The van der Waals surface area contributed by atoms with E-state index in [4.69, 9.17) is 10.5 Å². The number of nitrogens with one attached hydrogen (secondary N) is 1. The van der Waals surface area contributed by atoms with E-state index in [0.717, 1.165) is 5.56 Å². The molecular weight excluding hydrogens is 299 g/mol. The van der Waals surface area contributed by atoms with E-state index in [1.165, 1.54) is 37.3 Å². The van der Waals surface area contributed by atoms with Gasteiger partial charge in [-0.3, -0.25) is 4.79 Å². The fourth-order valence-corrected chi connectivity index (χ4v) is 1.83. The summed E-state index contributed by atoms with van der Waals surface area (Å²) in [6.45, 7) is 3.28. The van der Waals surface area contributed by atoms with Crippen molar-refractivity contribution >= 4 is 23.3 Å². The number of anilines is 2. The van der Waals surface area contributed by atoms with E-state index in [1.54, 1.807) is 12.1 Å². The molecule has 3 N–H and O–H groups in total. The standard InChI is InChI=1S/C17H17FN2O3/c1-10-3-4-12(9-15(10)19)17(22)23-11(2)16(21)20-14-7-5-13(18)6-8-14/h3-9,11H,19H2,1-2H3,(H,20,21)/t11-/m0/s1. The molecule has 0 aliphatic heterocycles. The number of carbonyl (C=O) groups is 2. The largest absolute Gasteiger partial charge is 0.449 e. The molecule has 1 amide bonds. The van der Waals surface area contributed by atoms with Crippen LogP contribution in [0.2, 0.25) is 0 Å². The molecule has 0 heterocycles. The third-order valence-corrected chi connectivity index (χ3v) is 3.28. The number of ether oxygens (including phenoxy) is 1. The van der Waals surface area contributed by atoms with E-state index < -0.39 is 23.8 Å². The average Bonchev–Trinajstić information content (AvgIpc) is 2.52. The fraction of sp³-hybridized carbons (Fsp3) is 0.176. The molecule has 0 saturated carbocycles. The Morgan fingerprint density at radius 1 is 1.17 bits per heavy atom. The molecule has 1 atom stereocenters. The van der Waals surface area contributed by atoms with Crippen LogP contribution in [0.4, 0.5) is 15.8 Å². The van der Waals surface area contributed by atoms with Crippen molar-refractivity contribution in [1.82, 2.24) is 0 Å². The lowest BCUT2D eigenvalue weighted by atomic mass is 10.1. The number of hydrogen-bond donors (Lipinski definition) is 2. The minimum atomic E-state index is -1.00. The van der Waals surface area contributed by atoms with Crippen molar-refractivity contribution in [2.24, 2.45) is 0 Å². The second-order valence-corrected chi connectivity index (χ2v) is 5.12. The van der Waals surface area contributed by atoms with E-state index in [-0.39, 0.29) is 5.56 Å². The van der Waals surface area contributed by atoms with Crippen LogP contribution in [0.3, 0.4) is 0 Å². The van der Waals surface area contributed by atoms with E-state index in [9.17, 15) is 14.0 Å². The van der Waals surface area contributed by atoms with Crippen molar-refractivity contribution in [3.8, 4) is 0 Å². The molecule has 5 nitrogen and oxygen atoms in total. The molecule has 2 aromatic rings. The molecule has 0 fully saturated rings. The van der Waals surface area contributed by atoms with Crippen LogP contribution >= 0.6 is 0 Å². The predicted octanol–water partition coefficient (Wildman–Crippen LogP) is 2.90. The summed E-state index contributed by atoms with van der Waals surface area (Å²) < 4.78 is 17.9. The molecule has 0 spiro atoms. The van der Waals surface area contributed by atoms with Gasteiger partial charge >= 0.3 is 5.97 Å². The summed E-state index contributed by atoms with van der Waals surface area (Å²) in [7, 11) is 0. The molecule has 0 bridgehead atoms. The van der Waals surface area contributed by atoms with Crippen molar-refractivity contribution < 1.29 is 18.7 Å². The predicted molar refractivity (Wildman–Crippen MR) is 85.5 cm³/mol. The third kappa shape index (κ3) is 4.29. The van der Waals surface area contributed by atoms with E-state index in [1.807, 2.05) is 6.92 Å². The van der Waals surface area contributed by atoms with Gasteiger partial charge in [-0.05, 0) is 55.8 Å².